The second kappa shape index (κ2) is 14.6. The number of hydrogen-bond donors (Lipinski definition) is 2. The fourth-order valence-electron chi connectivity index (χ4n) is 4.34. The highest BCUT2D eigenvalue weighted by Gasteiger charge is 2.26. The van der Waals surface area contributed by atoms with Crippen LogP contribution >= 0.6 is 0 Å². The van der Waals surface area contributed by atoms with Crippen LogP contribution in [0.25, 0.3) is 0 Å². The second-order valence-corrected chi connectivity index (χ2v) is 10.1. The molecule has 0 aromatic carbocycles. The van der Waals surface area contributed by atoms with Crippen LogP contribution in [-0.4, -0.2) is 82.2 Å². The number of nitrogens with zero attached hydrogens (tertiary/aromatic N) is 3. The van der Waals surface area contributed by atoms with Gasteiger partial charge in [0.05, 0.1) is 24.2 Å². The quantitative estimate of drug-likeness (QED) is 0.437. The van der Waals surface area contributed by atoms with Crippen molar-refractivity contribution >= 4 is 17.0 Å². The maximum absolute atomic E-state index is 13.1. The molecule has 1 aromatic rings. The molecule has 1 aliphatic heterocycles. The zero-order chi connectivity index (χ0) is 22.4. The molecule has 3 rings (SSSR count). The predicted molar refractivity (Wildman–Crippen MR) is 128 cm³/mol. The molecule has 2 fully saturated rings. The molecule has 1 aliphatic carbocycles. The van der Waals surface area contributed by atoms with E-state index in [1.54, 1.807) is 12.4 Å². The molecule has 8 nitrogen and oxygen atoms in total. The van der Waals surface area contributed by atoms with Gasteiger partial charge < -0.3 is 15.4 Å². The van der Waals surface area contributed by atoms with Crippen LogP contribution in [0.2, 0.25) is 0 Å². The molecule has 1 saturated carbocycles. The van der Waals surface area contributed by atoms with Crippen molar-refractivity contribution in [3.8, 4) is 0 Å². The topological polar surface area (TPSA) is 86.8 Å². The Balaban J connectivity index is 1.30. The first kappa shape index (κ1) is 25.1. The molecular weight excluding hydrogens is 426 g/mol. The Labute approximate surface area is 195 Å². The molecule has 0 bridgehead atoms. The molecule has 32 heavy (non-hydrogen) atoms. The normalized spacial score (nSPS) is 18.7. The number of ether oxygens (including phenoxy) is 1. The Bertz CT molecular complexity index is 681. The summed E-state index contributed by atoms with van der Waals surface area (Å²) in [5, 5.41) is 5.72. The van der Waals surface area contributed by atoms with Crippen LogP contribution in [0.3, 0.4) is 0 Å². The van der Waals surface area contributed by atoms with Gasteiger partial charge in [0.15, 0.2) is 0 Å². The highest BCUT2D eigenvalue weighted by atomic mass is 32.2. The largest absolute Gasteiger partial charge is 0.379 e. The summed E-state index contributed by atoms with van der Waals surface area (Å²) in [5.74, 6) is 0.674. The smallest absolute Gasteiger partial charge is 0.315 e. The molecular formula is C23H39N5O3S. The van der Waals surface area contributed by atoms with Crippen LogP contribution in [0.1, 0.15) is 50.5 Å². The lowest BCUT2D eigenvalue weighted by Crippen LogP contribution is -2.41. The monoisotopic (exact) mass is 465 g/mol. The molecule has 180 valence electrons. The summed E-state index contributed by atoms with van der Waals surface area (Å²) in [6, 6.07) is 4.08. The van der Waals surface area contributed by atoms with Gasteiger partial charge in [-0.25, -0.2) is 13.3 Å². The zero-order valence-electron chi connectivity index (χ0n) is 19.2. The van der Waals surface area contributed by atoms with E-state index in [1.807, 2.05) is 12.1 Å². The molecule has 2 aliphatic rings. The van der Waals surface area contributed by atoms with Crippen molar-refractivity contribution in [3.63, 3.8) is 0 Å². The van der Waals surface area contributed by atoms with Crippen molar-refractivity contribution in [1.29, 1.82) is 0 Å². The average Bonchev–Trinajstić information content (AvgIpc) is 3.36. The molecule has 2 heterocycles. The van der Waals surface area contributed by atoms with E-state index in [-0.39, 0.29) is 6.03 Å². The standard InChI is InChI=1S/C23H39N5O3S/c29-23(26-20-21-7-5-10-24-19-21)25-11-3-4-18-32(30)28(22-8-1-2-9-22)13-6-12-27-14-16-31-17-15-27/h5,7,10,19,22H,1-4,6,8-9,11-18,20H2,(H2,25,26,29). The lowest BCUT2D eigenvalue weighted by molar-refractivity contribution is 0.0367. The van der Waals surface area contributed by atoms with Gasteiger partial charge in [-0.05, 0) is 50.3 Å². The minimum Gasteiger partial charge on any atom is -0.379 e. The highest BCUT2D eigenvalue weighted by molar-refractivity contribution is 7.82. The number of aromatic nitrogens is 1. The third kappa shape index (κ3) is 9.13. The molecule has 0 spiro atoms. The number of pyridine rings is 1. The van der Waals surface area contributed by atoms with Crippen molar-refractivity contribution in [2.75, 3.05) is 51.7 Å². The third-order valence-corrected chi connectivity index (χ3v) is 7.80. The van der Waals surface area contributed by atoms with Crippen molar-refractivity contribution in [2.24, 2.45) is 0 Å². The Morgan fingerprint density at radius 2 is 2.00 bits per heavy atom. The number of morpholine rings is 1. The summed E-state index contributed by atoms with van der Waals surface area (Å²) in [6.07, 6.45) is 11.0. The fourth-order valence-corrected chi connectivity index (χ4v) is 5.90. The van der Waals surface area contributed by atoms with E-state index in [2.05, 4.69) is 24.8 Å². The molecule has 9 heteroatoms. The number of amides is 2. The number of nitrogens with one attached hydrogen (secondary N) is 2. The summed E-state index contributed by atoms with van der Waals surface area (Å²) < 4.78 is 20.8. The number of rotatable bonds is 13. The summed E-state index contributed by atoms with van der Waals surface area (Å²) in [6.45, 7) is 6.69. The van der Waals surface area contributed by atoms with Gasteiger partial charge >= 0.3 is 6.03 Å². The van der Waals surface area contributed by atoms with Crippen molar-refractivity contribution < 1.29 is 13.7 Å². The van der Waals surface area contributed by atoms with E-state index in [4.69, 9.17) is 4.74 Å². The first-order valence-electron chi connectivity index (χ1n) is 12.1. The molecule has 2 N–H and O–H groups in total. The Hall–Kier alpha value is -1.55. The van der Waals surface area contributed by atoms with Crippen LogP contribution in [0, 0.1) is 0 Å². The predicted octanol–water partition coefficient (Wildman–Crippen LogP) is 2.29. The van der Waals surface area contributed by atoms with E-state index in [0.717, 1.165) is 64.2 Å². The molecule has 0 radical (unpaired) electrons. The van der Waals surface area contributed by atoms with Crippen molar-refractivity contribution in [3.05, 3.63) is 30.1 Å². The molecule has 1 unspecified atom stereocenters. The summed E-state index contributed by atoms with van der Waals surface area (Å²) >= 11 is 0. The van der Waals surface area contributed by atoms with Crippen LogP contribution in [-0.2, 0) is 22.3 Å². The van der Waals surface area contributed by atoms with E-state index < -0.39 is 11.0 Å². The van der Waals surface area contributed by atoms with Crippen molar-refractivity contribution in [2.45, 2.75) is 57.5 Å². The maximum atomic E-state index is 13.1. The molecule has 1 atom stereocenters. The van der Waals surface area contributed by atoms with Crippen LogP contribution < -0.4 is 10.6 Å². The first-order valence-corrected chi connectivity index (χ1v) is 13.4. The maximum Gasteiger partial charge on any atom is 0.315 e. The SMILES string of the molecule is O=C(NCCCCS(=O)N(CCCN1CCOCC1)C1CCCC1)NCc1cccnc1. The van der Waals surface area contributed by atoms with E-state index in [1.165, 1.54) is 25.7 Å². The van der Waals surface area contributed by atoms with Gasteiger partial charge in [0.1, 0.15) is 0 Å². The van der Waals surface area contributed by atoms with Gasteiger partial charge in [-0.1, -0.05) is 18.9 Å². The zero-order valence-corrected chi connectivity index (χ0v) is 20.0. The second-order valence-electron chi connectivity index (χ2n) is 8.59. The summed E-state index contributed by atoms with van der Waals surface area (Å²) in [4.78, 5) is 18.4. The number of carbonyl (C=O) groups excluding carboxylic acids is 1. The number of carbonyl (C=O) groups is 1. The molecule has 1 saturated heterocycles. The number of urea groups is 1. The molecule has 2 amide bonds. The van der Waals surface area contributed by atoms with Crippen LogP contribution in [0.4, 0.5) is 4.79 Å². The summed E-state index contributed by atoms with van der Waals surface area (Å²) in [5.41, 5.74) is 0.971. The van der Waals surface area contributed by atoms with Gasteiger partial charge in [-0.15, -0.1) is 0 Å². The lowest BCUT2D eigenvalue weighted by Gasteiger charge is -2.30. The van der Waals surface area contributed by atoms with Gasteiger partial charge in [-0.2, -0.15) is 0 Å². The number of unbranched alkanes of at least 4 members (excludes halogenated alkanes) is 1. The average molecular weight is 466 g/mol. The van der Waals surface area contributed by atoms with E-state index in [0.29, 0.717) is 24.9 Å². The van der Waals surface area contributed by atoms with Gasteiger partial charge in [0.2, 0.25) is 0 Å². The Morgan fingerprint density at radius 3 is 2.75 bits per heavy atom. The first-order chi connectivity index (χ1) is 15.7. The minimum atomic E-state index is -0.942. The van der Waals surface area contributed by atoms with Crippen molar-refractivity contribution in [1.82, 2.24) is 24.8 Å². The minimum absolute atomic E-state index is 0.175. The number of hydrogen-bond acceptors (Lipinski definition) is 5. The third-order valence-electron chi connectivity index (χ3n) is 6.16. The lowest BCUT2D eigenvalue weighted by atomic mass is 10.2. The van der Waals surface area contributed by atoms with Gasteiger partial charge in [0, 0.05) is 56.9 Å². The summed E-state index contributed by atoms with van der Waals surface area (Å²) in [7, 11) is -0.942. The Kier molecular flexibility index (Phi) is 11.4. The fraction of sp³-hybridized carbons (Fsp3) is 0.739. The Morgan fingerprint density at radius 1 is 1.19 bits per heavy atom. The van der Waals surface area contributed by atoms with Crippen LogP contribution in [0.5, 0.6) is 0 Å². The molecule has 1 aromatic heterocycles. The highest BCUT2D eigenvalue weighted by Crippen LogP contribution is 2.25. The van der Waals surface area contributed by atoms with E-state index >= 15 is 0 Å². The van der Waals surface area contributed by atoms with Gasteiger partial charge in [0.25, 0.3) is 0 Å². The van der Waals surface area contributed by atoms with Gasteiger partial charge in [-0.3, -0.25) is 9.88 Å². The van der Waals surface area contributed by atoms with Crippen LogP contribution in [0.15, 0.2) is 24.5 Å². The van der Waals surface area contributed by atoms with E-state index in [9.17, 15) is 9.00 Å².